The molecule has 0 aliphatic rings. The SMILES string of the molecule is O=[P+](O)OS(=O)(=O)Cc1ccccc1. The van der Waals surface area contributed by atoms with E-state index >= 15 is 0 Å². The lowest BCUT2D eigenvalue weighted by Gasteiger charge is -1.96. The number of hydrogen-bond donors (Lipinski definition) is 1. The van der Waals surface area contributed by atoms with Gasteiger partial charge in [0.15, 0.2) is 0 Å². The first-order valence-corrected chi connectivity index (χ1v) is 6.33. The molecule has 7 heteroatoms. The lowest BCUT2D eigenvalue weighted by molar-refractivity contribution is 0.404. The highest BCUT2D eigenvalue weighted by Crippen LogP contribution is 2.21. The van der Waals surface area contributed by atoms with Crippen LogP contribution in [-0.4, -0.2) is 13.3 Å². The van der Waals surface area contributed by atoms with Gasteiger partial charge in [0, 0.05) is 8.54 Å². The summed E-state index contributed by atoms with van der Waals surface area (Å²) in [6, 6.07) is 8.26. The molecule has 1 aromatic carbocycles. The molecule has 1 aromatic rings. The quantitative estimate of drug-likeness (QED) is 0.792. The lowest BCUT2D eigenvalue weighted by Crippen LogP contribution is -2.04. The van der Waals surface area contributed by atoms with Gasteiger partial charge in [-0.3, -0.25) is 0 Å². The second kappa shape index (κ2) is 4.61. The third-order valence-electron chi connectivity index (χ3n) is 1.36. The standard InChI is InChI=1S/C7H7O5PS/c8-13(9)12-14(10,11)6-7-4-2-1-3-5-7/h1-5H,6H2/p+1. The van der Waals surface area contributed by atoms with Crippen molar-refractivity contribution in [2.24, 2.45) is 0 Å². The summed E-state index contributed by atoms with van der Waals surface area (Å²) in [5.41, 5.74) is 0.504. The van der Waals surface area contributed by atoms with Gasteiger partial charge in [0.05, 0.1) is 0 Å². The van der Waals surface area contributed by atoms with E-state index in [0.29, 0.717) is 5.56 Å². The molecule has 14 heavy (non-hydrogen) atoms. The zero-order chi connectivity index (χ0) is 10.6. The van der Waals surface area contributed by atoms with Crippen LogP contribution >= 0.6 is 8.25 Å². The van der Waals surface area contributed by atoms with E-state index in [1.807, 2.05) is 0 Å². The van der Waals surface area contributed by atoms with Crippen molar-refractivity contribution in [3.8, 4) is 0 Å². The van der Waals surface area contributed by atoms with E-state index in [1.54, 1.807) is 30.3 Å². The molecule has 1 N–H and O–H groups in total. The van der Waals surface area contributed by atoms with E-state index in [9.17, 15) is 13.0 Å². The van der Waals surface area contributed by atoms with Crippen LogP contribution in [0.2, 0.25) is 0 Å². The van der Waals surface area contributed by atoms with Crippen LogP contribution < -0.4 is 0 Å². The van der Waals surface area contributed by atoms with Crippen LogP contribution in [0.3, 0.4) is 0 Å². The highest BCUT2D eigenvalue weighted by atomic mass is 32.2. The second-order valence-electron chi connectivity index (χ2n) is 2.50. The van der Waals surface area contributed by atoms with Crippen molar-refractivity contribution in [2.75, 3.05) is 0 Å². The molecule has 0 aromatic heterocycles. The summed E-state index contributed by atoms with van der Waals surface area (Å²) in [7, 11) is -7.09. The molecule has 1 atom stereocenters. The van der Waals surface area contributed by atoms with Gasteiger partial charge in [-0.25, -0.2) is 0 Å². The molecule has 0 saturated heterocycles. The highest BCUT2D eigenvalue weighted by Gasteiger charge is 2.26. The van der Waals surface area contributed by atoms with Crippen molar-refractivity contribution in [1.82, 2.24) is 0 Å². The number of benzene rings is 1. The smallest absolute Gasteiger partial charge is 0.195 e. The van der Waals surface area contributed by atoms with E-state index < -0.39 is 24.1 Å². The molecular weight excluding hydrogens is 227 g/mol. The van der Waals surface area contributed by atoms with Crippen molar-refractivity contribution in [3.63, 3.8) is 0 Å². The molecule has 5 nitrogen and oxygen atoms in total. The minimum Gasteiger partial charge on any atom is -0.195 e. The van der Waals surface area contributed by atoms with Crippen LogP contribution in [0.15, 0.2) is 30.3 Å². The predicted octanol–water partition coefficient (Wildman–Crippen LogP) is 1.18. The fraction of sp³-hybridized carbons (Fsp3) is 0.143. The number of hydrogen-bond acceptors (Lipinski definition) is 4. The van der Waals surface area contributed by atoms with Gasteiger partial charge in [0.2, 0.25) is 0 Å². The van der Waals surface area contributed by atoms with Gasteiger partial charge in [-0.2, -0.15) is 8.42 Å². The van der Waals surface area contributed by atoms with Crippen LogP contribution in [0.25, 0.3) is 0 Å². The molecule has 0 spiro atoms. The van der Waals surface area contributed by atoms with Crippen LogP contribution in [0.5, 0.6) is 0 Å². The topological polar surface area (TPSA) is 80.7 Å². The fourth-order valence-electron chi connectivity index (χ4n) is 0.902. The Kier molecular flexibility index (Phi) is 3.71. The van der Waals surface area contributed by atoms with E-state index in [-0.39, 0.29) is 0 Å². The molecule has 0 heterocycles. The van der Waals surface area contributed by atoms with Crippen LogP contribution in [0, 0.1) is 0 Å². The van der Waals surface area contributed by atoms with Crippen molar-refractivity contribution >= 4 is 18.4 Å². The molecule has 1 rings (SSSR count). The molecule has 0 amide bonds. The van der Waals surface area contributed by atoms with Crippen LogP contribution in [0.4, 0.5) is 0 Å². The Morgan fingerprint density at radius 1 is 1.29 bits per heavy atom. The molecule has 0 bridgehead atoms. The molecule has 0 aliphatic carbocycles. The van der Waals surface area contributed by atoms with Gasteiger partial charge in [-0.1, -0.05) is 30.3 Å². The van der Waals surface area contributed by atoms with Crippen molar-refractivity contribution in [2.45, 2.75) is 5.75 Å². The Morgan fingerprint density at radius 3 is 2.36 bits per heavy atom. The Labute approximate surface area is 82.4 Å². The van der Waals surface area contributed by atoms with Crippen molar-refractivity contribution in [1.29, 1.82) is 0 Å². The minimum atomic E-state index is -3.97. The van der Waals surface area contributed by atoms with Gasteiger partial charge in [-0.05, 0) is 5.56 Å². The van der Waals surface area contributed by atoms with E-state index in [4.69, 9.17) is 4.89 Å². The molecule has 0 fully saturated rings. The third-order valence-corrected chi connectivity index (χ3v) is 3.47. The maximum Gasteiger partial charge on any atom is 0.712 e. The Morgan fingerprint density at radius 2 is 1.86 bits per heavy atom. The van der Waals surface area contributed by atoms with Crippen molar-refractivity contribution < 1.29 is 21.8 Å². The Bertz CT molecular complexity index is 413. The average Bonchev–Trinajstić information content (AvgIpc) is 2.02. The molecule has 1 unspecified atom stereocenters. The first-order chi connectivity index (χ1) is 6.49. The second-order valence-corrected chi connectivity index (χ2v) is 4.98. The summed E-state index contributed by atoms with van der Waals surface area (Å²) < 4.78 is 36.1. The fourth-order valence-corrected chi connectivity index (χ4v) is 2.49. The summed E-state index contributed by atoms with van der Waals surface area (Å²) in [5, 5.41) is 0. The van der Waals surface area contributed by atoms with E-state index in [2.05, 4.69) is 3.97 Å². The van der Waals surface area contributed by atoms with Gasteiger partial charge >= 0.3 is 18.4 Å². The van der Waals surface area contributed by atoms with E-state index in [0.717, 1.165) is 0 Å². The predicted molar refractivity (Wildman–Crippen MR) is 50.0 cm³/mol. The first-order valence-electron chi connectivity index (χ1n) is 3.62. The summed E-state index contributed by atoms with van der Waals surface area (Å²) in [6.07, 6.45) is 0. The normalized spacial score (nSPS) is 12.5. The Balaban J connectivity index is 2.74. The average molecular weight is 235 g/mol. The highest BCUT2D eigenvalue weighted by molar-refractivity contribution is 7.88. The monoisotopic (exact) mass is 235 g/mol. The summed E-state index contributed by atoms with van der Waals surface area (Å²) in [5.74, 6) is -0.407. The van der Waals surface area contributed by atoms with Crippen LogP contribution in [-0.2, 0) is 24.4 Å². The summed E-state index contributed by atoms with van der Waals surface area (Å²) in [4.78, 5) is 8.27. The zero-order valence-electron chi connectivity index (χ0n) is 7.03. The molecule has 0 saturated carbocycles. The lowest BCUT2D eigenvalue weighted by atomic mass is 10.2. The van der Waals surface area contributed by atoms with Crippen molar-refractivity contribution in [3.05, 3.63) is 35.9 Å². The van der Waals surface area contributed by atoms with Gasteiger partial charge in [0.1, 0.15) is 5.75 Å². The number of rotatable bonds is 4. The van der Waals surface area contributed by atoms with Gasteiger partial charge in [0.25, 0.3) is 0 Å². The summed E-state index contributed by atoms with van der Waals surface area (Å²) in [6.45, 7) is 0. The first kappa shape index (κ1) is 11.3. The molecule has 76 valence electrons. The zero-order valence-corrected chi connectivity index (χ0v) is 8.74. The van der Waals surface area contributed by atoms with Gasteiger partial charge < -0.3 is 0 Å². The maximum absolute atomic E-state index is 11.0. The minimum absolute atomic E-state index is 0.407. The van der Waals surface area contributed by atoms with Crippen LogP contribution in [0.1, 0.15) is 5.56 Å². The largest absolute Gasteiger partial charge is 0.712 e. The third kappa shape index (κ3) is 3.93. The molecule has 0 aliphatic heterocycles. The summed E-state index contributed by atoms with van der Waals surface area (Å²) >= 11 is 0. The maximum atomic E-state index is 11.0. The van der Waals surface area contributed by atoms with Gasteiger partial charge in [-0.15, -0.1) is 4.89 Å². The van der Waals surface area contributed by atoms with E-state index in [1.165, 1.54) is 0 Å². The Hall–Kier alpha value is -0.810. The molecule has 0 radical (unpaired) electrons. The molecular formula is C7H8O5PS+.